The lowest BCUT2D eigenvalue weighted by atomic mass is 10.1. The molecule has 0 amide bonds. The number of hydrogen-bond acceptors (Lipinski definition) is 7. The van der Waals surface area contributed by atoms with Crippen molar-refractivity contribution in [3.05, 3.63) is 33.9 Å². The largest absolute Gasteiger partial charge is 0.496 e. The first-order valence-corrected chi connectivity index (χ1v) is 6.64. The molecule has 0 spiro atoms. The van der Waals surface area contributed by atoms with E-state index in [0.717, 1.165) is 0 Å². The van der Waals surface area contributed by atoms with Crippen LogP contribution in [0.1, 0.15) is 25.8 Å². The number of nitrogens with zero attached hydrogens (tertiary/aromatic N) is 2. The highest BCUT2D eigenvalue weighted by atomic mass is 16.6. The summed E-state index contributed by atoms with van der Waals surface area (Å²) in [6.45, 7) is 3.75. The van der Waals surface area contributed by atoms with Crippen molar-refractivity contribution < 1.29 is 24.0 Å². The Bertz CT molecular complexity index is 570. The highest BCUT2D eigenvalue weighted by Crippen LogP contribution is 2.23. The van der Waals surface area contributed by atoms with Crippen molar-refractivity contribution in [3.8, 4) is 5.75 Å². The molecular weight excluding hydrogens is 292 g/mol. The van der Waals surface area contributed by atoms with E-state index < -0.39 is 4.92 Å². The fraction of sp³-hybridized carbons (Fsp3) is 0.429. The van der Waals surface area contributed by atoms with E-state index in [1.807, 2.05) is 0 Å². The van der Waals surface area contributed by atoms with Crippen LogP contribution in [0.3, 0.4) is 0 Å². The number of nitro benzene ring substituents is 1. The minimum Gasteiger partial charge on any atom is -0.496 e. The molecule has 0 atom stereocenters. The van der Waals surface area contributed by atoms with Gasteiger partial charge in [-0.15, -0.1) is 0 Å². The van der Waals surface area contributed by atoms with E-state index in [-0.39, 0.29) is 24.7 Å². The minimum absolute atomic E-state index is 0.0717. The van der Waals surface area contributed by atoms with Gasteiger partial charge in [-0.25, -0.2) is 0 Å². The quantitative estimate of drug-likeness (QED) is 0.240. The average Bonchev–Trinajstić information content (AvgIpc) is 2.51. The zero-order chi connectivity index (χ0) is 16.5. The molecule has 1 aromatic rings. The van der Waals surface area contributed by atoms with Crippen LogP contribution in [-0.4, -0.2) is 36.9 Å². The van der Waals surface area contributed by atoms with E-state index >= 15 is 0 Å². The van der Waals surface area contributed by atoms with Gasteiger partial charge >= 0.3 is 5.97 Å². The first-order valence-electron chi connectivity index (χ1n) is 6.64. The Labute approximate surface area is 127 Å². The molecule has 0 aliphatic rings. The summed E-state index contributed by atoms with van der Waals surface area (Å²) in [6, 6.07) is 4.30. The molecule has 0 fully saturated rings. The summed E-state index contributed by atoms with van der Waals surface area (Å²) in [5.74, 6) is -0.0161. The maximum absolute atomic E-state index is 11.1. The second-order valence-corrected chi connectivity index (χ2v) is 4.24. The molecule has 22 heavy (non-hydrogen) atoms. The zero-order valence-corrected chi connectivity index (χ0v) is 12.7. The predicted molar refractivity (Wildman–Crippen MR) is 79.1 cm³/mol. The van der Waals surface area contributed by atoms with Crippen LogP contribution in [0, 0.1) is 10.1 Å². The number of oxime groups is 1. The van der Waals surface area contributed by atoms with Gasteiger partial charge in [-0.3, -0.25) is 14.9 Å². The Morgan fingerprint density at radius 1 is 1.36 bits per heavy atom. The summed E-state index contributed by atoms with van der Waals surface area (Å²) in [7, 11) is 1.42. The third-order valence-corrected chi connectivity index (χ3v) is 2.66. The number of benzene rings is 1. The van der Waals surface area contributed by atoms with E-state index in [1.54, 1.807) is 19.9 Å². The highest BCUT2D eigenvalue weighted by Gasteiger charge is 2.12. The molecule has 1 aromatic carbocycles. The van der Waals surface area contributed by atoms with Crippen molar-refractivity contribution in [1.29, 1.82) is 0 Å². The van der Waals surface area contributed by atoms with Crippen LogP contribution in [0.2, 0.25) is 0 Å². The van der Waals surface area contributed by atoms with Crippen LogP contribution >= 0.6 is 0 Å². The van der Waals surface area contributed by atoms with Crippen molar-refractivity contribution in [2.24, 2.45) is 5.16 Å². The van der Waals surface area contributed by atoms with Crippen LogP contribution in [0.15, 0.2) is 23.4 Å². The van der Waals surface area contributed by atoms with Crippen molar-refractivity contribution in [1.82, 2.24) is 0 Å². The summed E-state index contributed by atoms with van der Waals surface area (Å²) in [5.41, 5.74) is 0.837. The normalized spacial score (nSPS) is 11.0. The third kappa shape index (κ3) is 5.39. The molecule has 0 aromatic heterocycles. The number of hydrogen-bond donors (Lipinski definition) is 0. The summed E-state index contributed by atoms with van der Waals surface area (Å²) in [5, 5.41) is 14.7. The number of carbonyl (C=O) groups excluding carboxylic acids is 1. The van der Waals surface area contributed by atoms with E-state index in [0.29, 0.717) is 23.6 Å². The van der Waals surface area contributed by atoms with Gasteiger partial charge < -0.3 is 14.3 Å². The molecule has 0 saturated heterocycles. The van der Waals surface area contributed by atoms with Gasteiger partial charge in [0, 0.05) is 11.6 Å². The maximum Gasteiger partial charge on any atom is 0.309 e. The van der Waals surface area contributed by atoms with Crippen molar-refractivity contribution in [3.63, 3.8) is 0 Å². The third-order valence-electron chi connectivity index (χ3n) is 2.66. The number of nitro groups is 1. The molecule has 8 heteroatoms. The van der Waals surface area contributed by atoms with Gasteiger partial charge in [0.25, 0.3) is 5.69 Å². The highest BCUT2D eigenvalue weighted by molar-refractivity contribution is 5.99. The Kier molecular flexibility index (Phi) is 6.81. The Morgan fingerprint density at radius 2 is 2.09 bits per heavy atom. The molecule has 0 N–H and O–H groups in total. The summed E-state index contributed by atoms with van der Waals surface area (Å²) in [4.78, 5) is 26.5. The summed E-state index contributed by atoms with van der Waals surface area (Å²) >= 11 is 0. The fourth-order valence-corrected chi connectivity index (χ4v) is 1.57. The standard InChI is InChI=1S/C14H18N2O6/c1-4-21-14(17)5-6-22-15-10(2)11-7-12(16(18)19)9-13(8-11)20-3/h7-9H,4-6H2,1-3H3. The van der Waals surface area contributed by atoms with Gasteiger partial charge in [-0.2, -0.15) is 0 Å². The molecule has 1 rings (SSSR count). The van der Waals surface area contributed by atoms with Crippen molar-refractivity contribution in [2.75, 3.05) is 20.3 Å². The summed E-state index contributed by atoms with van der Waals surface area (Å²) in [6.07, 6.45) is 0.0862. The second-order valence-electron chi connectivity index (χ2n) is 4.24. The number of esters is 1. The minimum atomic E-state index is -0.513. The van der Waals surface area contributed by atoms with Gasteiger partial charge in [0.1, 0.15) is 12.4 Å². The van der Waals surface area contributed by atoms with Gasteiger partial charge in [0.2, 0.25) is 0 Å². The van der Waals surface area contributed by atoms with Gasteiger partial charge in [0.05, 0.1) is 36.8 Å². The van der Waals surface area contributed by atoms with Crippen molar-refractivity contribution in [2.45, 2.75) is 20.3 Å². The Hall–Kier alpha value is -2.64. The zero-order valence-electron chi connectivity index (χ0n) is 12.7. The van der Waals surface area contributed by atoms with Crippen LogP contribution < -0.4 is 4.74 Å². The molecule has 0 unspecified atom stereocenters. The molecular formula is C14H18N2O6. The molecule has 0 bridgehead atoms. The fourth-order valence-electron chi connectivity index (χ4n) is 1.57. The average molecular weight is 310 g/mol. The van der Waals surface area contributed by atoms with Gasteiger partial charge in [0.15, 0.2) is 0 Å². The first kappa shape index (κ1) is 17.4. The maximum atomic E-state index is 11.1. The first-order chi connectivity index (χ1) is 10.5. The predicted octanol–water partition coefficient (Wildman–Crippen LogP) is 2.30. The smallest absolute Gasteiger partial charge is 0.309 e. The molecule has 0 aliphatic carbocycles. The number of ether oxygens (including phenoxy) is 2. The lowest BCUT2D eigenvalue weighted by Gasteiger charge is -2.05. The molecule has 0 aliphatic heterocycles. The second kappa shape index (κ2) is 8.60. The van der Waals surface area contributed by atoms with E-state index in [1.165, 1.54) is 19.2 Å². The Morgan fingerprint density at radius 3 is 2.68 bits per heavy atom. The van der Waals surface area contributed by atoms with Gasteiger partial charge in [-0.05, 0) is 19.9 Å². The number of carbonyl (C=O) groups is 1. The monoisotopic (exact) mass is 310 g/mol. The number of methoxy groups -OCH3 is 1. The Balaban J connectivity index is 2.73. The topological polar surface area (TPSA) is 100 Å². The van der Waals surface area contributed by atoms with Crippen LogP contribution in [0.4, 0.5) is 5.69 Å². The molecule has 0 saturated carbocycles. The van der Waals surface area contributed by atoms with Gasteiger partial charge in [-0.1, -0.05) is 5.16 Å². The lowest BCUT2D eigenvalue weighted by Crippen LogP contribution is -2.07. The van der Waals surface area contributed by atoms with E-state index in [2.05, 4.69) is 5.16 Å². The van der Waals surface area contributed by atoms with E-state index in [9.17, 15) is 14.9 Å². The van der Waals surface area contributed by atoms with E-state index in [4.69, 9.17) is 14.3 Å². The molecule has 0 radical (unpaired) electrons. The number of non-ortho nitro benzene ring substituents is 1. The molecule has 8 nitrogen and oxygen atoms in total. The van der Waals surface area contributed by atoms with Crippen LogP contribution in [-0.2, 0) is 14.4 Å². The SMILES string of the molecule is CCOC(=O)CCON=C(C)c1cc(OC)cc([N+](=O)[O-])c1. The number of rotatable bonds is 8. The van der Waals surface area contributed by atoms with Crippen LogP contribution in [0.25, 0.3) is 0 Å². The van der Waals surface area contributed by atoms with Crippen molar-refractivity contribution >= 4 is 17.4 Å². The lowest BCUT2D eigenvalue weighted by molar-refractivity contribution is -0.384. The molecule has 120 valence electrons. The molecule has 0 heterocycles. The summed E-state index contributed by atoms with van der Waals surface area (Å²) < 4.78 is 9.77. The van der Waals surface area contributed by atoms with Crippen LogP contribution in [0.5, 0.6) is 5.75 Å².